The van der Waals surface area contributed by atoms with Crippen molar-refractivity contribution in [1.82, 2.24) is 4.98 Å². The van der Waals surface area contributed by atoms with Crippen LogP contribution in [0.15, 0.2) is 77.8 Å². The molecule has 116 valence electrons. The number of hydrogen-bond donors (Lipinski definition) is 2. The Kier molecular flexibility index (Phi) is 4.10. The standard InChI is InChI=1S/C17H15N3O2S/c18-23(21,22)16-8-4-5-13(11-16)14-9-10-17(19-12-14)20-15-6-2-1-3-7-15/h1-12H,(H,19,20)(H2,18,21,22). The molecule has 0 atom stereocenters. The molecule has 0 aliphatic carbocycles. The quantitative estimate of drug-likeness (QED) is 0.771. The number of nitrogens with zero attached hydrogens (tertiary/aromatic N) is 1. The lowest BCUT2D eigenvalue weighted by atomic mass is 10.1. The van der Waals surface area contributed by atoms with Crippen LogP contribution in [0.2, 0.25) is 0 Å². The second-order valence-corrected chi connectivity index (χ2v) is 6.56. The van der Waals surface area contributed by atoms with Crippen LogP contribution in [0, 0.1) is 0 Å². The van der Waals surface area contributed by atoms with E-state index < -0.39 is 10.0 Å². The maximum atomic E-state index is 11.4. The zero-order valence-electron chi connectivity index (χ0n) is 12.2. The molecule has 0 aliphatic rings. The highest BCUT2D eigenvalue weighted by Gasteiger charge is 2.09. The Morgan fingerprint density at radius 1 is 0.870 bits per heavy atom. The van der Waals surface area contributed by atoms with Gasteiger partial charge >= 0.3 is 0 Å². The Morgan fingerprint density at radius 2 is 1.65 bits per heavy atom. The molecule has 0 aliphatic heterocycles. The molecular weight excluding hydrogens is 310 g/mol. The minimum absolute atomic E-state index is 0.0847. The van der Waals surface area contributed by atoms with Crippen molar-refractivity contribution in [3.63, 3.8) is 0 Å². The average molecular weight is 325 g/mol. The number of aromatic nitrogens is 1. The number of pyridine rings is 1. The molecule has 0 unspecified atom stereocenters. The van der Waals surface area contributed by atoms with E-state index in [9.17, 15) is 8.42 Å². The van der Waals surface area contributed by atoms with Crippen LogP contribution in [-0.4, -0.2) is 13.4 Å². The lowest BCUT2D eigenvalue weighted by Gasteiger charge is -2.07. The fourth-order valence-corrected chi connectivity index (χ4v) is 2.72. The Bertz CT molecular complexity index is 908. The maximum absolute atomic E-state index is 11.4. The molecule has 1 aromatic heterocycles. The van der Waals surface area contributed by atoms with Crippen LogP contribution in [0.25, 0.3) is 11.1 Å². The summed E-state index contributed by atoms with van der Waals surface area (Å²) in [5.41, 5.74) is 2.51. The van der Waals surface area contributed by atoms with E-state index >= 15 is 0 Å². The van der Waals surface area contributed by atoms with E-state index in [0.29, 0.717) is 5.82 Å². The maximum Gasteiger partial charge on any atom is 0.238 e. The number of rotatable bonds is 4. The zero-order valence-corrected chi connectivity index (χ0v) is 13.0. The van der Waals surface area contributed by atoms with Crippen molar-refractivity contribution in [3.8, 4) is 11.1 Å². The molecule has 3 N–H and O–H groups in total. The third-order valence-corrected chi connectivity index (χ3v) is 4.22. The minimum Gasteiger partial charge on any atom is -0.340 e. The van der Waals surface area contributed by atoms with Gasteiger partial charge in [-0.3, -0.25) is 0 Å². The van der Waals surface area contributed by atoms with Gasteiger partial charge in [-0.1, -0.05) is 30.3 Å². The van der Waals surface area contributed by atoms with Crippen molar-refractivity contribution in [2.45, 2.75) is 4.90 Å². The fourth-order valence-electron chi connectivity index (χ4n) is 2.16. The molecule has 0 saturated heterocycles. The van der Waals surface area contributed by atoms with Gasteiger partial charge in [0.25, 0.3) is 0 Å². The van der Waals surface area contributed by atoms with Gasteiger partial charge in [0.05, 0.1) is 4.90 Å². The fraction of sp³-hybridized carbons (Fsp3) is 0. The number of primary sulfonamides is 1. The summed E-state index contributed by atoms with van der Waals surface area (Å²) in [4.78, 5) is 4.44. The number of para-hydroxylation sites is 1. The van der Waals surface area contributed by atoms with Crippen LogP contribution < -0.4 is 10.5 Å². The second kappa shape index (κ2) is 6.20. The number of hydrogen-bond acceptors (Lipinski definition) is 4. The predicted octanol–water partition coefficient (Wildman–Crippen LogP) is 3.14. The third-order valence-electron chi connectivity index (χ3n) is 3.31. The Labute approximate surface area is 134 Å². The highest BCUT2D eigenvalue weighted by Crippen LogP contribution is 2.23. The van der Waals surface area contributed by atoms with Gasteiger partial charge in [-0.05, 0) is 42.0 Å². The Morgan fingerprint density at radius 3 is 2.30 bits per heavy atom. The first-order chi connectivity index (χ1) is 11.0. The molecule has 6 heteroatoms. The van der Waals surface area contributed by atoms with Crippen LogP contribution in [0.3, 0.4) is 0 Å². The summed E-state index contributed by atoms with van der Waals surface area (Å²) in [6, 6.07) is 19.9. The van der Waals surface area contributed by atoms with Gasteiger partial charge in [0.2, 0.25) is 10.0 Å². The SMILES string of the molecule is NS(=O)(=O)c1cccc(-c2ccc(Nc3ccccc3)nc2)c1. The molecule has 5 nitrogen and oxygen atoms in total. The molecule has 0 radical (unpaired) electrons. The van der Waals surface area contributed by atoms with E-state index in [2.05, 4.69) is 10.3 Å². The van der Waals surface area contributed by atoms with Crippen LogP contribution in [0.4, 0.5) is 11.5 Å². The summed E-state index contributed by atoms with van der Waals surface area (Å²) in [6.45, 7) is 0. The van der Waals surface area contributed by atoms with Crippen LogP contribution in [0.5, 0.6) is 0 Å². The van der Waals surface area contributed by atoms with Crippen molar-refractivity contribution < 1.29 is 8.42 Å². The van der Waals surface area contributed by atoms with Gasteiger partial charge in [-0.15, -0.1) is 0 Å². The lowest BCUT2D eigenvalue weighted by molar-refractivity contribution is 0.598. The summed E-state index contributed by atoms with van der Waals surface area (Å²) in [7, 11) is -3.71. The van der Waals surface area contributed by atoms with E-state index in [4.69, 9.17) is 5.14 Å². The number of anilines is 2. The average Bonchev–Trinajstić information content (AvgIpc) is 2.56. The lowest BCUT2D eigenvalue weighted by Crippen LogP contribution is -2.11. The normalized spacial score (nSPS) is 11.2. The molecule has 2 aromatic carbocycles. The highest BCUT2D eigenvalue weighted by molar-refractivity contribution is 7.89. The number of benzene rings is 2. The number of nitrogens with two attached hydrogens (primary N) is 1. The van der Waals surface area contributed by atoms with Gasteiger partial charge in [0.1, 0.15) is 5.82 Å². The summed E-state index contributed by atoms with van der Waals surface area (Å²) in [5.74, 6) is 0.711. The van der Waals surface area contributed by atoms with E-state index in [-0.39, 0.29) is 4.90 Å². The molecule has 0 spiro atoms. The van der Waals surface area contributed by atoms with Crippen molar-refractivity contribution >= 4 is 21.5 Å². The molecule has 0 amide bonds. The first-order valence-electron chi connectivity index (χ1n) is 6.94. The van der Waals surface area contributed by atoms with Crippen molar-refractivity contribution in [3.05, 3.63) is 72.9 Å². The van der Waals surface area contributed by atoms with Gasteiger partial charge in [-0.25, -0.2) is 18.5 Å². The first kappa shape index (κ1) is 15.2. The summed E-state index contributed by atoms with van der Waals surface area (Å²) < 4.78 is 22.9. The molecular formula is C17H15N3O2S. The van der Waals surface area contributed by atoms with Crippen LogP contribution in [0.1, 0.15) is 0 Å². The van der Waals surface area contributed by atoms with Gasteiger partial charge in [0, 0.05) is 17.4 Å². The van der Waals surface area contributed by atoms with Crippen molar-refractivity contribution in [2.75, 3.05) is 5.32 Å². The van der Waals surface area contributed by atoms with Gasteiger partial charge < -0.3 is 5.32 Å². The molecule has 1 heterocycles. The number of nitrogens with one attached hydrogen (secondary N) is 1. The second-order valence-electron chi connectivity index (χ2n) is 5.00. The number of sulfonamides is 1. The summed E-state index contributed by atoms with van der Waals surface area (Å²) in [6.07, 6.45) is 1.69. The molecule has 0 fully saturated rings. The summed E-state index contributed by atoms with van der Waals surface area (Å²) >= 11 is 0. The van der Waals surface area contributed by atoms with Crippen molar-refractivity contribution in [1.29, 1.82) is 0 Å². The zero-order chi connectivity index (χ0) is 16.3. The molecule has 3 aromatic rings. The van der Waals surface area contributed by atoms with Crippen LogP contribution in [-0.2, 0) is 10.0 Å². The van der Waals surface area contributed by atoms with Gasteiger partial charge in [0.15, 0.2) is 0 Å². The first-order valence-corrected chi connectivity index (χ1v) is 8.48. The molecule has 3 rings (SSSR count). The van der Waals surface area contributed by atoms with E-state index in [1.165, 1.54) is 12.1 Å². The third kappa shape index (κ3) is 3.74. The van der Waals surface area contributed by atoms with Crippen molar-refractivity contribution in [2.24, 2.45) is 5.14 Å². The van der Waals surface area contributed by atoms with Gasteiger partial charge in [-0.2, -0.15) is 0 Å². The van der Waals surface area contributed by atoms with E-state index in [1.54, 1.807) is 12.3 Å². The highest BCUT2D eigenvalue weighted by atomic mass is 32.2. The minimum atomic E-state index is -3.71. The molecule has 0 bridgehead atoms. The largest absolute Gasteiger partial charge is 0.340 e. The molecule has 0 saturated carbocycles. The smallest absolute Gasteiger partial charge is 0.238 e. The summed E-state index contributed by atoms with van der Waals surface area (Å²) in [5, 5.41) is 8.35. The Hall–Kier alpha value is -2.70. The van der Waals surface area contributed by atoms with Crippen LogP contribution >= 0.6 is 0 Å². The molecule has 23 heavy (non-hydrogen) atoms. The van der Waals surface area contributed by atoms with E-state index in [0.717, 1.165) is 16.8 Å². The van der Waals surface area contributed by atoms with E-state index in [1.807, 2.05) is 48.5 Å². The Balaban J connectivity index is 1.85. The predicted molar refractivity (Wildman–Crippen MR) is 90.8 cm³/mol. The topological polar surface area (TPSA) is 85.1 Å². The monoisotopic (exact) mass is 325 g/mol.